The molecule has 198 valence electrons. The molecule has 0 radical (unpaired) electrons. The third kappa shape index (κ3) is 7.96. The van der Waals surface area contributed by atoms with E-state index < -0.39 is 5.97 Å². The smallest absolute Gasteiger partial charge is 0.336 e. The van der Waals surface area contributed by atoms with Gasteiger partial charge in [-0.05, 0) is 89.1 Å². The van der Waals surface area contributed by atoms with Crippen molar-refractivity contribution >= 4 is 51.2 Å². The molecule has 4 rings (SSSR count). The van der Waals surface area contributed by atoms with Crippen LogP contribution in [-0.4, -0.2) is 18.5 Å². The fraction of sp³-hybridized carbons (Fsp3) is 0.0968. The zero-order valence-corrected chi connectivity index (χ0v) is 23.4. The van der Waals surface area contributed by atoms with Crippen LogP contribution in [0.3, 0.4) is 0 Å². The van der Waals surface area contributed by atoms with Gasteiger partial charge < -0.3 is 19.5 Å². The first-order valence-corrected chi connectivity index (χ1v) is 13.3. The Hall–Kier alpha value is -4.07. The van der Waals surface area contributed by atoms with Gasteiger partial charge in [0, 0.05) is 27.9 Å². The number of hydrogen-bond donors (Lipinski definition) is 1. The van der Waals surface area contributed by atoms with Crippen molar-refractivity contribution in [3.63, 3.8) is 0 Å². The molecule has 0 saturated heterocycles. The van der Waals surface area contributed by atoms with E-state index in [0.717, 1.165) is 5.56 Å². The number of amides is 1. The van der Waals surface area contributed by atoms with Crippen LogP contribution >= 0.6 is 27.5 Å². The van der Waals surface area contributed by atoms with Crippen molar-refractivity contribution in [2.24, 2.45) is 0 Å². The minimum atomic E-state index is -0.565. The SMILES string of the molecule is CCOc1cc(/C=C/C(=O)Oc2ccc(C(=O)Nc3ccccc3)cc2)cc(Br)c1OCc1ccccc1Cl. The lowest BCUT2D eigenvalue weighted by Gasteiger charge is -2.15. The highest BCUT2D eigenvalue weighted by molar-refractivity contribution is 9.10. The van der Waals surface area contributed by atoms with E-state index >= 15 is 0 Å². The van der Waals surface area contributed by atoms with E-state index in [0.29, 0.717) is 50.2 Å². The van der Waals surface area contributed by atoms with Crippen LogP contribution in [0.15, 0.2) is 102 Å². The van der Waals surface area contributed by atoms with Crippen molar-refractivity contribution in [3.05, 3.63) is 123 Å². The highest BCUT2D eigenvalue weighted by Crippen LogP contribution is 2.38. The lowest BCUT2D eigenvalue weighted by molar-refractivity contribution is -0.128. The molecular weight excluding hydrogens is 582 g/mol. The zero-order valence-electron chi connectivity index (χ0n) is 21.0. The van der Waals surface area contributed by atoms with Gasteiger partial charge in [0.05, 0.1) is 11.1 Å². The largest absolute Gasteiger partial charge is 0.490 e. The first-order chi connectivity index (χ1) is 18.9. The molecule has 0 bridgehead atoms. The third-order valence-corrected chi connectivity index (χ3v) is 6.40. The molecule has 0 aliphatic carbocycles. The summed E-state index contributed by atoms with van der Waals surface area (Å²) >= 11 is 9.78. The van der Waals surface area contributed by atoms with Crippen LogP contribution in [0.1, 0.15) is 28.4 Å². The van der Waals surface area contributed by atoms with Crippen LogP contribution in [0.2, 0.25) is 5.02 Å². The van der Waals surface area contributed by atoms with Gasteiger partial charge in [0.25, 0.3) is 5.91 Å². The first kappa shape index (κ1) is 28.0. The molecule has 0 heterocycles. The Balaban J connectivity index is 1.39. The Morgan fingerprint density at radius 3 is 2.36 bits per heavy atom. The molecule has 0 aromatic heterocycles. The van der Waals surface area contributed by atoms with Crippen LogP contribution in [0.4, 0.5) is 5.69 Å². The predicted octanol–water partition coefficient (Wildman–Crippen LogP) is 7.95. The molecule has 0 aliphatic heterocycles. The number of anilines is 1. The van der Waals surface area contributed by atoms with Gasteiger partial charge >= 0.3 is 5.97 Å². The van der Waals surface area contributed by atoms with Gasteiger partial charge in [-0.1, -0.05) is 48.0 Å². The number of ether oxygens (including phenoxy) is 3. The van der Waals surface area contributed by atoms with E-state index in [4.69, 9.17) is 25.8 Å². The second-order valence-electron chi connectivity index (χ2n) is 8.24. The summed E-state index contributed by atoms with van der Waals surface area (Å²) in [6.07, 6.45) is 2.94. The first-order valence-electron chi connectivity index (χ1n) is 12.1. The molecule has 6 nitrogen and oxygen atoms in total. The Morgan fingerprint density at radius 1 is 0.923 bits per heavy atom. The molecule has 0 fully saturated rings. The van der Waals surface area contributed by atoms with Crippen molar-refractivity contribution < 1.29 is 23.8 Å². The molecule has 4 aromatic carbocycles. The number of rotatable bonds is 10. The van der Waals surface area contributed by atoms with Crippen molar-refractivity contribution in [2.45, 2.75) is 13.5 Å². The number of benzene rings is 4. The lowest BCUT2D eigenvalue weighted by atomic mass is 10.2. The minimum absolute atomic E-state index is 0.256. The molecule has 4 aromatic rings. The Morgan fingerprint density at radius 2 is 1.64 bits per heavy atom. The van der Waals surface area contributed by atoms with E-state index in [-0.39, 0.29) is 12.5 Å². The molecule has 1 amide bonds. The summed E-state index contributed by atoms with van der Waals surface area (Å²) in [7, 11) is 0. The monoisotopic (exact) mass is 605 g/mol. The van der Waals surface area contributed by atoms with Crippen molar-refractivity contribution in [3.8, 4) is 17.2 Å². The number of nitrogens with one attached hydrogen (secondary N) is 1. The van der Waals surface area contributed by atoms with Gasteiger partial charge in [-0.25, -0.2) is 4.79 Å². The summed E-state index contributed by atoms with van der Waals surface area (Å²) < 4.78 is 17.8. The van der Waals surface area contributed by atoms with Crippen molar-refractivity contribution in [2.75, 3.05) is 11.9 Å². The molecule has 39 heavy (non-hydrogen) atoms. The fourth-order valence-corrected chi connectivity index (χ4v) is 4.33. The van der Waals surface area contributed by atoms with Gasteiger partial charge in [-0.3, -0.25) is 4.79 Å². The predicted molar refractivity (Wildman–Crippen MR) is 157 cm³/mol. The van der Waals surface area contributed by atoms with E-state index in [1.165, 1.54) is 6.08 Å². The summed E-state index contributed by atoms with van der Waals surface area (Å²) in [6, 6.07) is 26.5. The Labute approximate surface area is 240 Å². The molecule has 0 aliphatic rings. The van der Waals surface area contributed by atoms with E-state index in [1.807, 2.05) is 55.5 Å². The van der Waals surface area contributed by atoms with E-state index in [2.05, 4.69) is 21.2 Å². The normalized spacial score (nSPS) is 10.7. The van der Waals surface area contributed by atoms with Crippen molar-refractivity contribution in [1.29, 1.82) is 0 Å². The average Bonchev–Trinajstić information content (AvgIpc) is 2.93. The molecular formula is C31H25BrClNO5. The van der Waals surface area contributed by atoms with Crippen molar-refractivity contribution in [1.82, 2.24) is 0 Å². The average molecular weight is 607 g/mol. The summed E-state index contributed by atoms with van der Waals surface area (Å²) in [5, 5.41) is 3.43. The number of halogens is 2. The van der Waals surface area contributed by atoms with E-state index in [9.17, 15) is 9.59 Å². The van der Waals surface area contributed by atoms with Gasteiger partial charge in [0.1, 0.15) is 12.4 Å². The van der Waals surface area contributed by atoms with Crippen LogP contribution in [0.25, 0.3) is 6.08 Å². The topological polar surface area (TPSA) is 73.9 Å². The second kappa shape index (κ2) is 13.6. The molecule has 0 unspecified atom stereocenters. The van der Waals surface area contributed by atoms with Gasteiger partial charge in [0.15, 0.2) is 11.5 Å². The molecule has 0 saturated carbocycles. The number of esters is 1. The highest BCUT2D eigenvalue weighted by Gasteiger charge is 2.13. The maximum atomic E-state index is 12.4. The Kier molecular flexibility index (Phi) is 9.78. The number of carbonyl (C=O) groups is 2. The van der Waals surface area contributed by atoms with Gasteiger partial charge in [-0.2, -0.15) is 0 Å². The quantitative estimate of drug-likeness (QED) is 0.113. The molecule has 0 spiro atoms. The summed E-state index contributed by atoms with van der Waals surface area (Å²) in [4.78, 5) is 24.8. The van der Waals surface area contributed by atoms with Crippen LogP contribution in [0.5, 0.6) is 17.2 Å². The Bertz CT molecular complexity index is 1470. The summed E-state index contributed by atoms with van der Waals surface area (Å²) in [5.41, 5.74) is 2.70. The fourth-order valence-electron chi connectivity index (χ4n) is 3.57. The number of carbonyl (C=O) groups excluding carboxylic acids is 2. The summed E-state index contributed by atoms with van der Waals surface area (Å²) in [5.74, 6) is 0.558. The molecule has 8 heteroatoms. The van der Waals surface area contributed by atoms with Gasteiger partial charge in [0.2, 0.25) is 0 Å². The standard InChI is InChI=1S/C31H25BrClNO5/c1-2-37-28-19-21(18-26(32)30(28)38-20-23-8-6-7-11-27(23)33)12-17-29(35)39-25-15-13-22(14-16-25)31(36)34-24-9-4-3-5-10-24/h3-19H,2,20H2,1H3,(H,34,36)/b17-12+. The maximum absolute atomic E-state index is 12.4. The zero-order chi connectivity index (χ0) is 27.6. The maximum Gasteiger partial charge on any atom is 0.336 e. The molecule has 1 N–H and O–H groups in total. The van der Waals surface area contributed by atoms with E-state index in [1.54, 1.807) is 48.5 Å². The molecule has 0 atom stereocenters. The van der Waals surface area contributed by atoms with Crippen LogP contribution in [0, 0.1) is 0 Å². The lowest BCUT2D eigenvalue weighted by Crippen LogP contribution is -2.11. The summed E-state index contributed by atoms with van der Waals surface area (Å²) in [6.45, 7) is 2.58. The van der Waals surface area contributed by atoms with Crippen LogP contribution in [-0.2, 0) is 11.4 Å². The van der Waals surface area contributed by atoms with Gasteiger partial charge in [-0.15, -0.1) is 0 Å². The third-order valence-electron chi connectivity index (χ3n) is 5.44. The number of hydrogen-bond acceptors (Lipinski definition) is 5. The van der Waals surface area contributed by atoms with Crippen LogP contribution < -0.4 is 19.5 Å². The number of para-hydroxylation sites is 1. The minimum Gasteiger partial charge on any atom is -0.490 e. The highest BCUT2D eigenvalue weighted by atomic mass is 79.9. The second-order valence-corrected chi connectivity index (χ2v) is 9.50.